The quantitative estimate of drug-likeness (QED) is 0.196. The number of hydrogen-bond donors (Lipinski definition) is 0. The van der Waals surface area contributed by atoms with Crippen LogP contribution in [0.3, 0.4) is 0 Å². The van der Waals surface area contributed by atoms with E-state index < -0.39 is 0 Å². The first-order valence-electron chi connectivity index (χ1n) is 15.9. The third-order valence-corrected chi connectivity index (χ3v) is 8.98. The van der Waals surface area contributed by atoms with Gasteiger partial charge in [0.05, 0.1) is 5.39 Å². The summed E-state index contributed by atoms with van der Waals surface area (Å²) in [6, 6.07) is 43.7. The van der Waals surface area contributed by atoms with Gasteiger partial charge in [0.15, 0.2) is 17.5 Å². The van der Waals surface area contributed by atoms with Crippen molar-refractivity contribution in [1.29, 1.82) is 0 Å². The number of aromatic nitrogens is 4. The molecule has 0 N–H and O–H groups in total. The highest BCUT2D eigenvalue weighted by molar-refractivity contribution is 6.15. The molecule has 1 aliphatic carbocycles. The van der Waals surface area contributed by atoms with Gasteiger partial charge in [-0.2, -0.15) is 0 Å². The first-order valence-corrected chi connectivity index (χ1v) is 15.9. The van der Waals surface area contributed by atoms with Gasteiger partial charge in [-0.25, -0.2) is 19.9 Å². The summed E-state index contributed by atoms with van der Waals surface area (Å²) in [6.07, 6.45) is 7.98. The number of pyridine rings is 1. The number of hydrogen-bond acceptors (Lipinski definition) is 5. The van der Waals surface area contributed by atoms with Crippen LogP contribution in [-0.4, -0.2) is 19.9 Å². The van der Waals surface area contributed by atoms with Crippen molar-refractivity contribution >= 4 is 44.0 Å². The summed E-state index contributed by atoms with van der Waals surface area (Å²) in [6.45, 7) is 0. The molecular formula is C42H28N4O. The van der Waals surface area contributed by atoms with Crippen LogP contribution in [0.25, 0.3) is 77.9 Å². The van der Waals surface area contributed by atoms with Gasteiger partial charge in [0.1, 0.15) is 5.58 Å². The smallest absolute Gasteiger partial charge is 0.227 e. The lowest BCUT2D eigenvalue weighted by molar-refractivity contribution is 0.654. The first-order chi connectivity index (χ1) is 23.3. The van der Waals surface area contributed by atoms with Gasteiger partial charge >= 0.3 is 0 Å². The maximum atomic E-state index is 6.12. The predicted octanol–water partition coefficient (Wildman–Crippen LogP) is 10.6. The number of rotatable bonds is 5. The molecular weight excluding hydrogens is 576 g/mol. The fraction of sp³-hybridized carbons (Fsp3) is 0.0476. The molecule has 1 aliphatic rings. The van der Waals surface area contributed by atoms with Crippen molar-refractivity contribution in [3.8, 4) is 33.9 Å². The summed E-state index contributed by atoms with van der Waals surface area (Å²) in [5, 5.41) is 4.56. The molecule has 0 atom stereocenters. The molecule has 3 aromatic heterocycles. The van der Waals surface area contributed by atoms with E-state index in [9.17, 15) is 0 Å². The van der Waals surface area contributed by atoms with E-state index in [1.807, 2.05) is 79.0 Å². The number of allylic oxidation sites excluding steroid dienone is 4. The monoisotopic (exact) mass is 604 g/mol. The van der Waals surface area contributed by atoms with E-state index >= 15 is 0 Å². The second-order valence-corrected chi connectivity index (χ2v) is 11.8. The first kappa shape index (κ1) is 27.1. The molecule has 0 saturated carbocycles. The van der Waals surface area contributed by atoms with Crippen molar-refractivity contribution in [3.63, 3.8) is 0 Å². The highest BCUT2D eigenvalue weighted by Gasteiger charge is 2.20. The normalized spacial score (nSPS) is 13.2. The van der Waals surface area contributed by atoms with Crippen LogP contribution in [0.4, 0.5) is 0 Å². The van der Waals surface area contributed by atoms with Crippen molar-refractivity contribution in [3.05, 3.63) is 157 Å². The van der Waals surface area contributed by atoms with Crippen LogP contribution in [0.15, 0.2) is 150 Å². The molecule has 3 heterocycles. The number of para-hydroxylation sites is 1. The Balaban J connectivity index is 1.14. The van der Waals surface area contributed by atoms with Gasteiger partial charge in [-0.3, -0.25) is 0 Å². The lowest BCUT2D eigenvalue weighted by Crippen LogP contribution is -2.04. The lowest BCUT2D eigenvalue weighted by atomic mass is 9.87. The molecule has 0 saturated heterocycles. The Labute approximate surface area is 271 Å². The summed E-state index contributed by atoms with van der Waals surface area (Å²) in [4.78, 5) is 19.3. The minimum atomic E-state index is 0.661. The highest BCUT2D eigenvalue weighted by atomic mass is 16.3. The maximum absolute atomic E-state index is 6.12. The van der Waals surface area contributed by atoms with Gasteiger partial charge in [0.2, 0.25) is 5.71 Å². The SMILES string of the molecule is C1=C(c2nc(-c3ccccc3)nc(-c3ccccc3)n2)CCC(c2ccc(-c3ccnc4oc5ccccc5c34)c3ccccc23)=C1. The zero-order valence-corrected chi connectivity index (χ0v) is 25.5. The Morgan fingerprint density at radius 1 is 0.447 bits per heavy atom. The van der Waals surface area contributed by atoms with Crippen LogP contribution in [0, 0.1) is 0 Å². The van der Waals surface area contributed by atoms with Crippen molar-refractivity contribution in [2.75, 3.05) is 0 Å². The molecule has 0 spiro atoms. The van der Waals surface area contributed by atoms with E-state index in [-0.39, 0.29) is 0 Å². The van der Waals surface area contributed by atoms with E-state index in [2.05, 4.69) is 71.7 Å². The summed E-state index contributed by atoms with van der Waals surface area (Å²) in [5.41, 5.74) is 9.40. The maximum Gasteiger partial charge on any atom is 0.227 e. The van der Waals surface area contributed by atoms with Crippen LogP contribution in [0.1, 0.15) is 24.2 Å². The topological polar surface area (TPSA) is 64.7 Å². The third-order valence-electron chi connectivity index (χ3n) is 8.98. The Morgan fingerprint density at radius 3 is 1.68 bits per heavy atom. The van der Waals surface area contributed by atoms with Gasteiger partial charge in [0, 0.05) is 22.7 Å². The van der Waals surface area contributed by atoms with Crippen LogP contribution in [0.5, 0.6) is 0 Å². The van der Waals surface area contributed by atoms with Gasteiger partial charge in [0.25, 0.3) is 0 Å². The molecule has 5 aromatic carbocycles. The fourth-order valence-corrected chi connectivity index (χ4v) is 6.69. The second-order valence-electron chi connectivity index (χ2n) is 11.8. The van der Waals surface area contributed by atoms with Crippen LogP contribution >= 0.6 is 0 Å². The molecule has 5 nitrogen and oxygen atoms in total. The molecule has 8 aromatic rings. The fourth-order valence-electron chi connectivity index (χ4n) is 6.69. The van der Waals surface area contributed by atoms with Gasteiger partial charge in [-0.1, -0.05) is 127 Å². The van der Waals surface area contributed by atoms with Gasteiger partial charge in [-0.15, -0.1) is 0 Å². The second kappa shape index (κ2) is 11.3. The summed E-state index contributed by atoms with van der Waals surface area (Å²) in [5.74, 6) is 2.09. The average molecular weight is 605 g/mol. The molecule has 0 bridgehead atoms. The van der Waals surface area contributed by atoms with Gasteiger partial charge in [-0.05, 0) is 63.6 Å². The van der Waals surface area contributed by atoms with Crippen LogP contribution in [-0.2, 0) is 0 Å². The minimum Gasteiger partial charge on any atom is -0.438 e. The van der Waals surface area contributed by atoms with Crippen molar-refractivity contribution in [2.24, 2.45) is 0 Å². The molecule has 9 rings (SSSR count). The molecule has 0 unspecified atom stereocenters. The van der Waals surface area contributed by atoms with Crippen molar-refractivity contribution < 1.29 is 4.42 Å². The Kier molecular flexibility index (Phi) is 6.53. The zero-order chi connectivity index (χ0) is 31.2. The molecule has 0 aliphatic heterocycles. The molecule has 5 heteroatoms. The number of fused-ring (bicyclic) bond motifs is 4. The molecule has 0 radical (unpaired) electrons. The molecule has 47 heavy (non-hydrogen) atoms. The van der Waals surface area contributed by atoms with Crippen LogP contribution in [0.2, 0.25) is 0 Å². The number of furan rings is 1. The van der Waals surface area contributed by atoms with E-state index in [0.717, 1.165) is 57.3 Å². The standard InChI is InChI=1S/C42H28N4O/c1-3-11-28(12-4-1)39-44-40(29-13-5-2-6-14-29)46-41(45-39)30-21-19-27(20-22-30)31-23-24-34(33-16-8-7-15-32(31)33)35-25-26-43-42-38(35)36-17-9-10-18-37(36)47-42/h1-19,21,23-26H,20,22H2. The Hall–Kier alpha value is -6.20. The van der Waals surface area contributed by atoms with E-state index in [1.165, 1.54) is 27.5 Å². The van der Waals surface area contributed by atoms with Gasteiger partial charge < -0.3 is 4.42 Å². The average Bonchev–Trinajstić information content (AvgIpc) is 3.54. The number of benzene rings is 5. The highest BCUT2D eigenvalue weighted by Crippen LogP contribution is 2.41. The van der Waals surface area contributed by atoms with E-state index in [0.29, 0.717) is 17.4 Å². The minimum absolute atomic E-state index is 0.661. The summed E-state index contributed by atoms with van der Waals surface area (Å²) in [7, 11) is 0. The molecule has 0 amide bonds. The summed E-state index contributed by atoms with van der Waals surface area (Å²) >= 11 is 0. The third kappa shape index (κ3) is 4.80. The van der Waals surface area contributed by atoms with E-state index in [4.69, 9.17) is 19.4 Å². The van der Waals surface area contributed by atoms with E-state index in [1.54, 1.807) is 0 Å². The molecule has 0 fully saturated rings. The zero-order valence-electron chi connectivity index (χ0n) is 25.5. The number of nitrogens with zero attached hydrogens (tertiary/aromatic N) is 4. The predicted molar refractivity (Wildman–Crippen MR) is 190 cm³/mol. The Bertz CT molecular complexity index is 2460. The van der Waals surface area contributed by atoms with Crippen LogP contribution < -0.4 is 0 Å². The summed E-state index contributed by atoms with van der Waals surface area (Å²) < 4.78 is 6.12. The van der Waals surface area contributed by atoms with Crippen molar-refractivity contribution in [2.45, 2.75) is 12.8 Å². The largest absolute Gasteiger partial charge is 0.438 e. The lowest BCUT2D eigenvalue weighted by Gasteiger charge is -2.18. The van der Waals surface area contributed by atoms with Crippen molar-refractivity contribution in [1.82, 2.24) is 19.9 Å². The Morgan fingerprint density at radius 2 is 1.00 bits per heavy atom. The molecule has 222 valence electrons.